The van der Waals surface area contributed by atoms with Gasteiger partial charge in [0.1, 0.15) is 11.5 Å². The quantitative estimate of drug-likeness (QED) is 0.609. The van der Waals surface area contributed by atoms with Crippen LogP contribution in [0.4, 0.5) is 0 Å². The molecule has 0 saturated heterocycles. The molecule has 64 valence electrons. The van der Waals surface area contributed by atoms with Gasteiger partial charge in [0.05, 0.1) is 3.57 Å². The van der Waals surface area contributed by atoms with Crippen LogP contribution in [0.2, 0.25) is 0 Å². The molecule has 2 N–H and O–H groups in total. The second-order valence-corrected chi connectivity index (χ2v) is 3.46. The number of ketones is 1. The van der Waals surface area contributed by atoms with Crippen LogP contribution >= 0.6 is 22.6 Å². The number of halogens is 1. The minimum Gasteiger partial charge on any atom is -0.507 e. The summed E-state index contributed by atoms with van der Waals surface area (Å²) in [7, 11) is 0. The van der Waals surface area contributed by atoms with Crippen LogP contribution in [0.5, 0.6) is 11.5 Å². The molecule has 0 heterocycles. The number of carbonyl (C=O) groups is 1. The van der Waals surface area contributed by atoms with Gasteiger partial charge in [0.15, 0.2) is 5.78 Å². The van der Waals surface area contributed by atoms with Crippen molar-refractivity contribution < 1.29 is 15.0 Å². The van der Waals surface area contributed by atoms with Gasteiger partial charge >= 0.3 is 0 Å². The second kappa shape index (κ2) is 3.30. The van der Waals surface area contributed by atoms with Crippen LogP contribution in [0.1, 0.15) is 17.3 Å². The van der Waals surface area contributed by atoms with E-state index in [1.165, 1.54) is 19.1 Å². The van der Waals surface area contributed by atoms with Gasteiger partial charge in [-0.3, -0.25) is 4.79 Å². The highest BCUT2D eigenvalue weighted by molar-refractivity contribution is 14.1. The van der Waals surface area contributed by atoms with E-state index in [2.05, 4.69) is 0 Å². The van der Waals surface area contributed by atoms with E-state index in [-0.39, 0.29) is 17.3 Å². The first-order chi connectivity index (χ1) is 5.52. The predicted octanol–water partition coefficient (Wildman–Crippen LogP) is 1.91. The van der Waals surface area contributed by atoms with Crippen molar-refractivity contribution in [1.29, 1.82) is 0 Å². The number of aromatic hydroxyl groups is 2. The molecule has 0 aromatic heterocycles. The molecular formula is C8H7IO3. The van der Waals surface area contributed by atoms with E-state index in [0.717, 1.165) is 0 Å². The van der Waals surface area contributed by atoms with E-state index in [1.54, 1.807) is 22.6 Å². The van der Waals surface area contributed by atoms with Crippen molar-refractivity contribution in [2.24, 2.45) is 0 Å². The third-order valence-corrected chi connectivity index (χ3v) is 2.55. The van der Waals surface area contributed by atoms with Crippen molar-refractivity contribution in [3.8, 4) is 11.5 Å². The first kappa shape index (κ1) is 9.31. The van der Waals surface area contributed by atoms with Crippen molar-refractivity contribution in [3.05, 3.63) is 21.3 Å². The average Bonchev–Trinajstić information content (AvgIpc) is 1.99. The molecule has 0 atom stereocenters. The molecule has 0 aliphatic carbocycles. The van der Waals surface area contributed by atoms with Gasteiger partial charge in [-0.25, -0.2) is 0 Å². The van der Waals surface area contributed by atoms with Crippen molar-refractivity contribution in [3.63, 3.8) is 0 Å². The van der Waals surface area contributed by atoms with Crippen LogP contribution in [0.15, 0.2) is 12.1 Å². The highest BCUT2D eigenvalue weighted by atomic mass is 127. The summed E-state index contributed by atoms with van der Waals surface area (Å²) in [5, 5.41) is 18.4. The van der Waals surface area contributed by atoms with Gasteiger partial charge < -0.3 is 10.2 Å². The summed E-state index contributed by atoms with van der Waals surface area (Å²) in [6.07, 6.45) is 0. The number of phenolic OH excluding ortho intramolecular Hbond substituents is 2. The molecule has 0 spiro atoms. The maximum atomic E-state index is 10.8. The molecule has 0 amide bonds. The van der Waals surface area contributed by atoms with Crippen LogP contribution in [0.3, 0.4) is 0 Å². The lowest BCUT2D eigenvalue weighted by atomic mass is 10.1. The Balaban J connectivity index is 3.31. The van der Waals surface area contributed by atoms with Crippen LogP contribution in [-0.2, 0) is 0 Å². The number of benzene rings is 1. The zero-order valence-electron chi connectivity index (χ0n) is 6.34. The summed E-state index contributed by atoms with van der Waals surface area (Å²) in [5.41, 5.74) is 0.311. The lowest BCUT2D eigenvalue weighted by molar-refractivity contribution is 0.101. The molecule has 0 aliphatic heterocycles. The standard InChI is InChI=1S/C8H7IO3/c1-4(10)5-2-6(11)8(9)7(12)3-5/h2-3,11-12H,1H3. The molecule has 0 unspecified atom stereocenters. The van der Waals surface area contributed by atoms with E-state index in [0.29, 0.717) is 9.13 Å². The highest BCUT2D eigenvalue weighted by Gasteiger charge is 2.08. The number of carbonyl (C=O) groups excluding carboxylic acids is 1. The molecule has 3 nitrogen and oxygen atoms in total. The molecule has 1 rings (SSSR count). The maximum Gasteiger partial charge on any atom is 0.160 e. The normalized spacial score (nSPS) is 9.83. The lowest BCUT2D eigenvalue weighted by Crippen LogP contribution is -1.92. The van der Waals surface area contributed by atoms with Crippen LogP contribution in [-0.4, -0.2) is 16.0 Å². The first-order valence-corrected chi connectivity index (χ1v) is 4.32. The number of Topliss-reactive ketones (excluding diaryl/α,β-unsaturated/α-hetero) is 1. The van der Waals surface area contributed by atoms with Crippen molar-refractivity contribution in [1.82, 2.24) is 0 Å². The Morgan fingerprint density at radius 3 is 2.08 bits per heavy atom. The van der Waals surface area contributed by atoms with Gasteiger partial charge in [-0.05, 0) is 41.6 Å². The minimum absolute atomic E-state index is 0.0687. The SMILES string of the molecule is CC(=O)c1cc(O)c(I)c(O)c1. The molecule has 0 bridgehead atoms. The zero-order chi connectivity index (χ0) is 9.30. The number of rotatable bonds is 1. The summed E-state index contributed by atoms with van der Waals surface area (Å²) >= 11 is 1.80. The zero-order valence-corrected chi connectivity index (χ0v) is 8.49. The van der Waals surface area contributed by atoms with E-state index < -0.39 is 0 Å². The largest absolute Gasteiger partial charge is 0.507 e. The summed E-state index contributed by atoms with van der Waals surface area (Å²) in [6.45, 7) is 1.38. The Bertz CT molecular complexity index is 310. The van der Waals surface area contributed by atoms with Crippen LogP contribution in [0.25, 0.3) is 0 Å². The van der Waals surface area contributed by atoms with Gasteiger partial charge in [0, 0.05) is 5.56 Å². The van der Waals surface area contributed by atoms with Gasteiger partial charge in [0.2, 0.25) is 0 Å². The van der Waals surface area contributed by atoms with Crippen LogP contribution in [0, 0.1) is 3.57 Å². The topological polar surface area (TPSA) is 57.5 Å². The first-order valence-electron chi connectivity index (χ1n) is 3.25. The van der Waals surface area contributed by atoms with E-state index >= 15 is 0 Å². The fourth-order valence-corrected chi connectivity index (χ4v) is 1.11. The third-order valence-electron chi connectivity index (χ3n) is 1.44. The molecule has 0 aliphatic rings. The smallest absolute Gasteiger partial charge is 0.160 e. The predicted molar refractivity (Wildman–Crippen MR) is 52.5 cm³/mol. The lowest BCUT2D eigenvalue weighted by Gasteiger charge is -2.02. The molecule has 0 saturated carbocycles. The molecule has 4 heteroatoms. The second-order valence-electron chi connectivity index (χ2n) is 2.38. The van der Waals surface area contributed by atoms with Crippen molar-refractivity contribution in [2.45, 2.75) is 6.92 Å². The Hall–Kier alpha value is -0.780. The maximum absolute atomic E-state index is 10.8. The van der Waals surface area contributed by atoms with E-state index in [9.17, 15) is 15.0 Å². The van der Waals surface area contributed by atoms with Crippen LogP contribution < -0.4 is 0 Å². The Labute approximate surface area is 83.2 Å². The molecular weight excluding hydrogens is 271 g/mol. The minimum atomic E-state index is -0.183. The Kier molecular flexibility index (Phi) is 2.56. The molecule has 12 heavy (non-hydrogen) atoms. The molecule has 0 radical (unpaired) electrons. The van der Waals surface area contributed by atoms with Gasteiger partial charge in [-0.15, -0.1) is 0 Å². The fourth-order valence-electron chi connectivity index (χ4n) is 0.797. The van der Waals surface area contributed by atoms with Gasteiger partial charge in [-0.1, -0.05) is 0 Å². The van der Waals surface area contributed by atoms with Crippen molar-refractivity contribution in [2.75, 3.05) is 0 Å². The number of hydrogen-bond acceptors (Lipinski definition) is 3. The number of hydrogen-bond donors (Lipinski definition) is 2. The fraction of sp³-hybridized carbons (Fsp3) is 0.125. The molecule has 1 aromatic carbocycles. The summed E-state index contributed by atoms with van der Waals surface area (Å²) < 4.78 is 0.359. The highest BCUT2D eigenvalue weighted by Crippen LogP contribution is 2.29. The van der Waals surface area contributed by atoms with Crippen molar-refractivity contribution >= 4 is 28.4 Å². The Morgan fingerprint density at radius 2 is 1.75 bits per heavy atom. The van der Waals surface area contributed by atoms with Gasteiger partial charge in [0.25, 0.3) is 0 Å². The Morgan fingerprint density at radius 1 is 1.33 bits per heavy atom. The molecule has 1 aromatic rings. The average molecular weight is 278 g/mol. The monoisotopic (exact) mass is 278 g/mol. The van der Waals surface area contributed by atoms with E-state index in [4.69, 9.17) is 0 Å². The van der Waals surface area contributed by atoms with E-state index in [1.807, 2.05) is 0 Å². The molecule has 0 fully saturated rings. The summed E-state index contributed by atoms with van der Waals surface area (Å²) in [4.78, 5) is 10.8. The number of phenols is 2. The van der Waals surface area contributed by atoms with Gasteiger partial charge in [-0.2, -0.15) is 0 Å². The summed E-state index contributed by atoms with van der Waals surface area (Å²) in [5.74, 6) is -0.321. The third kappa shape index (κ3) is 1.69. The summed E-state index contributed by atoms with van der Waals surface area (Å²) in [6, 6.07) is 2.67.